The number of halogens is 1. The van der Waals surface area contributed by atoms with E-state index in [1.54, 1.807) is 17.0 Å². The summed E-state index contributed by atoms with van der Waals surface area (Å²) in [5.41, 5.74) is 7.07. The number of rotatable bonds is 5. The summed E-state index contributed by atoms with van der Waals surface area (Å²) in [7, 11) is 0. The van der Waals surface area contributed by atoms with Gasteiger partial charge in [0.25, 0.3) is 0 Å². The molecule has 1 amide bonds. The molecule has 24 heavy (non-hydrogen) atoms. The first kappa shape index (κ1) is 17.2. The molecule has 2 fully saturated rings. The standard InChI is InChI=1S/C18H26FN3O2/c19-14-3-1-4-15(11-14)21-9-6-16(7-10-21)24-12-18-17(20)5-2-8-22(18)13-23/h1,3-4,11,13,16-18H,2,5-10,12,20H2/t17-,18-/m0/s1. The average molecular weight is 335 g/mol. The molecule has 0 aliphatic carbocycles. The normalized spacial score (nSPS) is 25.8. The molecule has 132 valence electrons. The lowest BCUT2D eigenvalue weighted by molar-refractivity contribution is -0.124. The zero-order valence-electron chi connectivity index (χ0n) is 13.9. The first-order valence-electron chi connectivity index (χ1n) is 8.76. The van der Waals surface area contributed by atoms with E-state index in [2.05, 4.69) is 4.90 Å². The summed E-state index contributed by atoms with van der Waals surface area (Å²) >= 11 is 0. The number of benzene rings is 1. The van der Waals surface area contributed by atoms with Gasteiger partial charge in [-0.2, -0.15) is 0 Å². The van der Waals surface area contributed by atoms with E-state index in [4.69, 9.17) is 10.5 Å². The number of amides is 1. The molecule has 2 atom stereocenters. The Morgan fingerprint density at radius 3 is 2.75 bits per heavy atom. The van der Waals surface area contributed by atoms with Crippen molar-refractivity contribution in [2.45, 2.75) is 43.9 Å². The number of anilines is 1. The Morgan fingerprint density at radius 2 is 2.04 bits per heavy atom. The summed E-state index contributed by atoms with van der Waals surface area (Å²) in [6.07, 6.45) is 4.77. The van der Waals surface area contributed by atoms with E-state index in [0.29, 0.717) is 6.61 Å². The van der Waals surface area contributed by atoms with Gasteiger partial charge in [0.2, 0.25) is 6.41 Å². The molecule has 0 bridgehead atoms. The number of nitrogens with zero attached hydrogens (tertiary/aromatic N) is 2. The number of carbonyl (C=O) groups is 1. The number of hydrogen-bond donors (Lipinski definition) is 1. The second-order valence-corrected chi connectivity index (χ2v) is 6.72. The maximum atomic E-state index is 13.3. The quantitative estimate of drug-likeness (QED) is 0.833. The third kappa shape index (κ3) is 4.05. The summed E-state index contributed by atoms with van der Waals surface area (Å²) in [4.78, 5) is 15.1. The molecule has 5 nitrogen and oxygen atoms in total. The van der Waals surface area contributed by atoms with Crippen LogP contribution >= 0.6 is 0 Å². The van der Waals surface area contributed by atoms with E-state index >= 15 is 0 Å². The molecule has 0 unspecified atom stereocenters. The largest absolute Gasteiger partial charge is 0.376 e. The number of carbonyl (C=O) groups excluding carboxylic acids is 1. The molecule has 2 aliphatic rings. The summed E-state index contributed by atoms with van der Waals surface area (Å²) < 4.78 is 19.4. The van der Waals surface area contributed by atoms with Crippen LogP contribution in [0.5, 0.6) is 0 Å². The van der Waals surface area contributed by atoms with Crippen molar-refractivity contribution in [3.05, 3.63) is 30.1 Å². The van der Waals surface area contributed by atoms with Crippen molar-refractivity contribution in [2.24, 2.45) is 5.73 Å². The van der Waals surface area contributed by atoms with Gasteiger partial charge in [-0.3, -0.25) is 4.79 Å². The smallest absolute Gasteiger partial charge is 0.210 e. The predicted molar refractivity (Wildman–Crippen MR) is 91.4 cm³/mol. The Hall–Kier alpha value is -1.66. The van der Waals surface area contributed by atoms with Gasteiger partial charge in [-0.1, -0.05) is 6.07 Å². The second-order valence-electron chi connectivity index (χ2n) is 6.72. The van der Waals surface area contributed by atoms with Crippen LogP contribution in [0.4, 0.5) is 10.1 Å². The number of hydrogen-bond acceptors (Lipinski definition) is 4. The topological polar surface area (TPSA) is 58.8 Å². The Balaban J connectivity index is 1.47. The van der Waals surface area contributed by atoms with Gasteiger partial charge >= 0.3 is 0 Å². The first-order valence-corrected chi connectivity index (χ1v) is 8.76. The van der Waals surface area contributed by atoms with E-state index < -0.39 is 0 Å². The number of piperidine rings is 2. The fourth-order valence-electron chi connectivity index (χ4n) is 3.65. The van der Waals surface area contributed by atoms with Crippen molar-refractivity contribution in [3.8, 4) is 0 Å². The van der Waals surface area contributed by atoms with Crippen LogP contribution in [0.1, 0.15) is 25.7 Å². The molecular formula is C18H26FN3O2. The van der Waals surface area contributed by atoms with Crippen molar-refractivity contribution in [2.75, 3.05) is 31.1 Å². The maximum Gasteiger partial charge on any atom is 0.210 e. The average Bonchev–Trinajstić information content (AvgIpc) is 2.61. The van der Waals surface area contributed by atoms with Crippen molar-refractivity contribution in [3.63, 3.8) is 0 Å². The van der Waals surface area contributed by atoms with Gasteiger partial charge in [0.1, 0.15) is 5.82 Å². The molecule has 0 saturated carbocycles. The van der Waals surface area contributed by atoms with Crippen molar-refractivity contribution in [1.82, 2.24) is 4.90 Å². The minimum Gasteiger partial charge on any atom is -0.376 e. The van der Waals surface area contributed by atoms with Crippen molar-refractivity contribution < 1.29 is 13.9 Å². The molecule has 2 saturated heterocycles. The van der Waals surface area contributed by atoms with E-state index in [0.717, 1.165) is 57.4 Å². The van der Waals surface area contributed by atoms with Crippen LogP contribution in [0.3, 0.4) is 0 Å². The molecule has 6 heteroatoms. The Kier molecular flexibility index (Phi) is 5.68. The van der Waals surface area contributed by atoms with Crippen molar-refractivity contribution >= 4 is 12.1 Å². The lowest BCUT2D eigenvalue weighted by Crippen LogP contribution is -2.54. The third-order valence-electron chi connectivity index (χ3n) is 5.13. The van der Waals surface area contributed by atoms with Crippen LogP contribution in [-0.2, 0) is 9.53 Å². The van der Waals surface area contributed by atoms with Crippen molar-refractivity contribution in [1.29, 1.82) is 0 Å². The number of likely N-dealkylation sites (tertiary alicyclic amines) is 1. The highest BCUT2D eigenvalue weighted by Crippen LogP contribution is 2.23. The Morgan fingerprint density at radius 1 is 1.25 bits per heavy atom. The molecule has 2 aliphatic heterocycles. The van der Waals surface area contributed by atoms with Gasteiger partial charge in [0.05, 0.1) is 18.8 Å². The van der Waals surface area contributed by atoms with Crippen LogP contribution in [0.15, 0.2) is 24.3 Å². The molecule has 3 rings (SSSR count). The Labute approximate surface area is 142 Å². The molecule has 1 aromatic carbocycles. The minimum absolute atomic E-state index is 0.00340. The van der Waals surface area contributed by atoms with Gasteiger partial charge in [-0.15, -0.1) is 0 Å². The van der Waals surface area contributed by atoms with E-state index in [9.17, 15) is 9.18 Å². The van der Waals surface area contributed by atoms with E-state index in [1.165, 1.54) is 6.07 Å². The molecule has 1 aromatic rings. The van der Waals surface area contributed by atoms with Gasteiger partial charge in [-0.05, 0) is 43.9 Å². The lowest BCUT2D eigenvalue weighted by Gasteiger charge is -2.39. The minimum atomic E-state index is -0.203. The molecule has 2 heterocycles. The van der Waals surface area contributed by atoms with E-state index in [-0.39, 0.29) is 24.0 Å². The molecule has 0 radical (unpaired) electrons. The number of nitrogens with two attached hydrogens (primary N) is 1. The van der Waals surface area contributed by atoms with Gasteiger partial charge in [0, 0.05) is 31.4 Å². The predicted octanol–water partition coefficient (Wildman–Crippen LogP) is 1.76. The summed E-state index contributed by atoms with van der Waals surface area (Å²) in [6, 6.07) is 6.70. The van der Waals surface area contributed by atoms with Crippen LogP contribution in [0.25, 0.3) is 0 Å². The van der Waals surface area contributed by atoms with Gasteiger partial charge in [0.15, 0.2) is 0 Å². The third-order valence-corrected chi connectivity index (χ3v) is 5.13. The molecular weight excluding hydrogens is 309 g/mol. The maximum absolute atomic E-state index is 13.3. The monoisotopic (exact) mass is 335 g/mol. The highest BCUT2D eigenvalue weighted by atomic mass is 19.1. The van der Waals surface area contributed by atoms with Crippen LogP contribution in [-0.4, -0.2) is 55.7 Å². The fraction of sp³-hybridized carbons (Fsp3) is 0.611. The van der Waals surface area contributed by atoms with Gasteiger partial charge < -0.3 is 20.3 Å². The highest BCUT2D eigenvalue weighted by Gasteiger charge is 2.29. The van der Waals surface area contributed by atoms with E-state index in [1.807, 2.05) is 6.07 Å². The fourth-order valence-corrected chi connectivity index (χ4v) is 3.65. The van der Waals surface area contributed by atoms with Crippen LogP contribution < -0.4 is 10.6 Å². The SMILES string of the molecule is N[C@H]1CCCN(C=O)[C@H]1COC1CCN(c2cccc(F)c2)CC1. The zero-order valence-corrected chi connectivity index (χ0v) is 13.9. The second kappa shape index (κ2) is 7.94. The molecule has 0 spiro atoms. The summed E-state index contributed by atoms with van der Waals surface area (Å²) in [5.74, 6) is -0.203. The van der Waals surface area contributed by atoms with Crippen LogP contribution in [0.2, 0.25) is 0 Å². The van der Waals surface area contributed by atoms with Crippen LogP contribution in [0, 0.1) is 5.82 Å². The van der Waals surface area contributed by atoms with Gasteiger partial charge in [-0.25, -0.2) is 4.39 Å². The number of ether oxygens (including phenoxy) is 1. The Bertz CT molecular complexity index is 549. The zero-order chi connectivity index (χ0) is 16.9. The summed E-state index contributed by atoms with van der Waals surface area (Å²) in [5, 5.41) is 0. The highest BCUT2D eigenvalue weighted by molar-refractivity contribution is 5.48. The lowest BCUT2D eigenvalue weighted by atomic mass is 9.98. The summed E-state index contributed by atoms with van der Waals surface area (Å²) in [6.45, 7) is 2.97. The molecule has 2 N–H and O–H groups in total. The molecule has 0 aromatic heterocycles. The first-order chi connectivity index (χ1) is 11.7.